The summed E-state index contributed by atoms with van der Waals surface area (Å²) in [4.78, 5) is 4.28. The largest absolute Gasteiger partial charge is 0.412 e. The van der Waals surface area contributed by atoms with E-state index in [0.717, 1.165) is 0 Å². The third kappa shape index (κ3) is 1.99. The number of nitrogens with zero attached hydrogens (tertiary/aromatic N) is 2. The van der Waals surface area contributed by atoms with Crippen molar-refractivity contribution in [3.63, 3.8) is 0 Å². The first-order valence-corrected chi connectivity index (χ1v) is 7.10. The van der Waals surface area contributed by atoms with Crippen LogP contribution in [0.25, 0.3) is 11.0 Å². The zero-order valence-corrected chi connectivity index (χ0v) is 11.9. The summed E-state index contributed by atoms with van der Waals surface area (Å²) in [6, 6.07) is 4.80. The summed E-state index contributed by atoms with van der Waals surface area (Å²) >= 11 is 11.6. The lowest BCUT2D eigenvalue weighted by Crippen LogP contribution is -2.36. The Bertz CT molecular complexity index is 659. The Labute approximate surface area is 123 Å². The molecule has 20 heavy (non-hydrogen) atoms. The summed E-state index contributed by atoms with van der Waals surface area (Å²) in [5.74, 6) is 0.595. The highest BCUT2D eigenvalue weighted by Crippen LogP contribution is 2.57. The lowest BCUT2D eigenvalue weighted by Gasteiger charge is -2.23. The summed E-state index contributed by atoms with van der Waals surface area (Å²) in [5, 5.41) is 0.397. The number of hydrogen-bond acceptors (Lipinski definition) is 1. The molecule has 1 fully saturated rings. The average molecular weight is 323 g/mol. The van der Waals surface area contributed by atoms with Gasteiger partial charge in [0, 0.05) is 17.3 Å². The van der Waals surface area contributed by atoms with Crippen LogP contribution in [-0.4, -0.2) is 21.6 Å². The number of imidazole rings is 1. The van der Waals surface area contributed by atoms with Crippen molar-refractivity contribution >= 4 is 34.2 Å². The minimum Gasteiger partial charge on any atom is -0.312 e. The van der Waals surface area contributed by atoms with E-state index in [1.165, 1.54) is 10.6 Å². The Morgan fingerprint density at radius 2 is 2.00 bits per heavy atom. The molecule has 108 valence electrons. The van der Waals surface area contributed by atoms with Crippen LogP contribution in [0.5, 0.6) is 0 Å². The number of hydrogen-bond donors (Lipinski definition) is 0. The van der Waals surface area contributed by atoms with Gasteiger partial charge in [-0.05, 0) is 31.0 Å². The van der Waals surface area contributed by atoms with Crippen molar-refractivity contribution in [2.45, 2.75) is 31.0 Å². The van der Waals surface area contributed by atoms with Gasteiger partial charge in [-0.2, -0.15) is 13.2 Å². The third-order valence-corrected chi connectivity index (χ3v) is 4.11. The molecule has 0 N–H and O–H groups in total. The maximum Gasteiger partial charge on any atom is 0.412 e. The molecule has 3 rings (SSSR count). The smallest absolute Gasteiger partial charge is 0.312 e. The lowest BCUT2D eigenvalue weighted by molar-refractivity contribution is -0.179. The lowest BCUT2D eigenvalue weighted by atomic mass is 10.2. The molecule has 0 aliphatic heterocycles. The van der Waals surface area contributed by atoms with Gasteiger partial charge in [0.2, 0.25) is 0 Å². The number of rotatable bonds is 3. The van der Waals surface area contributed by atoms with Gasteiger partial charge in [0.05, 0.1) is 11.0 Å². The first-order valence-electron chi connectivity index (χ1n) is 6.19. The summed E-state index contributed by atoms with van der Waals surface area (Å²) < 4.78 is 41.5. The third-order valence-electron chi connectivity index (χ3n) is 3.68. The number of aryl methyl sites for hydroxylation is 1. The minimum absolute atomic E-state index is 0.0732. The molecule has 1 heterocycles. The molecule has 0 saturated heterocycles. The van der Waals surface area contributed by atoms with Gasteiger partial charge in [0.1, 0.15) is 11.4 Å². The van der Waals surface area contributed by atoms with Gasteiger partial charge in [0.15, 0.2) is 0 Å². The van der Waals surface area contributed by atoms with E-state index in [2.05, 4.69) is 4.98 Å². The van der Waals surface area contributed by atoms with Crippen LogP contribution < -0.4 is 0 Å². The molecule has 2 aromatic rings. The van der Waals surface area contributed by atoms with E-state index >= 15 is 0 Å². The van der Waals surface area contributed by atoms with Crippen molar-refractivity contribution in [2.75, 3.05) is 5.88 Å². The zero-order chi connectivity index (χ0) is 14.5. The van der Waals surface area contributed by atoms with E-state index in [-0.39, 0.29) is 18.7 Å². The van der Waals surface area contributed by atoms with Crippen LogP contribution in [-0.2, 0) is 12.0 Å². The van der Waals surface area contributed by atoms with Crippen molar-refractivity contribution in [1.29, 1.82) is 0 Å². The molecule has 0 atom stereocenters. The van der Waals surface area contributed by atoms with E-state index < -0.39 is 11.7 Å². The zero-order valence-electron chi connectivity index (χ0n) is 10.3. The van der Waals surface area contributed by atoms with E-state index in [4.69, 9.17) is 23.2 Å². The van der Waals surface area contributed by atoms with Gasteiger partial charge in [-0.3, -0.25) is 0 Å². The van der Waals surface area contributed by atoms with E-state index in [0.29, 0.717) is 28.3 Å². The van der Waals surface area contributed by atoms with Crippen molar-refractivity contribution in [3.05, 3.63) is 29.0 Å². The molecular weight excluding hydrogens is 312 g/mol. The normalized spacial score (nSPS) is 17.6. The summed E-state index contributed by atoms with van der Waals surface area (Å²) in [5.41, 5.74) is -0.897. The number of fused-ring (bicyclic) bond motifs is 1. The second kappa shape index (κ2) is 4.53. The maximum absolute atomic E-state index is 13.4. The summed E-state index contributed by atoms with van der Waals surface area (Å²) in [7, 11) is 0. The number of alkyl halides is 4. The summed E-state index contributed by atoms with van der Waals surface area (Å²) in [6.45, 7) is 0. The molecule has 2 nitrogen and oxygen atoms in total. The van der Waals surface area contributed by atoms with Crippen molar-refractivity contribution in [1.82, 2.24) is 9.55 Å². The summed E-state index contributed by atoms with van der Waals surface area (Å²) in [6.07, 6.45) is -3.86. The van der Waals surface area contributed by atoms with Crippen LogP contribution >= 0.6 is 23.2 Å². The van der Waals surface area contributed by atoms with Crippen LogP contribution in [0.4, 0.5) is 13.2 Å². The Kier molecular flexibility index (Phi) is 3.18. The Morgan fingerprint density at radius 3 is 2.55 bits per heavy atom. The van der Waals surface area contributed by atoms with Gasteiger partial charge < -0.3 is 4.57 Å². The monoisotopic (exact) mass is 322 g/mol. The van der Waals surface area contributed by atoms with E-state index in [1.54, 1.807) is 12.1 Å². The van der Waals surface area contributed by atoms with Gasteiger partial charge in [-0.25, -0.2) is 4.98 Å². The molecular formula is C13H11Cl2F3N2. The fourth-order valence-electron chi connectivity index (χ4n) is 2.58. The Hall–Kier alpha value is -0.940. The quantitative estimate of drug-likeness (QED) is 0.759. The maximum atomic E-state index is 13.4. The molecule has 7 heteroatoms. The molecule has 0 amide bonds. The van der Waals surface area contributed by atoms with Crippen molar-refractivity contribution in [3.8, 4) is 0 Å². The van der Waals surface area contributed by atoms with E-state index in [9.17, 15) is 13.2 Å². The molecule has 0 unspecified atom stereocenters. The van der Waals surface area contributed by atoms with Crippen molar-refractivity contribution in [2.24, 2.45) is 0 Å². The molecule has 0 spiro atoms. The SMILES string of the molecule is FC(F)(F)C1(n2c(CCCl)nc3ccc(Cl)cc32)CC1. The first-order chi connectivity index (χ1) is 9.39. The fraction of sp³-hybridized carbons (Fsp3) is 0.462. The van der Waals surface area contributed by atoms with Crippen LogP contribution in [0.2, 0.25) is 5.02 Å². The average Bonchev–Trinajstić information content (AvgIpc) is 3.08. The predicted octanol–water partition coefficient (Wildman–Crippen LogP) is 4.52. The Balaban J connectivity index is 2.27. The van der Waals surface area contributed by atoms with Gasteiger partial charge in [0.25, 0.3) is 0 Å². The highest BCUT2D eigenvalue weighted by Gasteiger charge is 2.65. The van der Waals surface area contributed by atoms with E-state index in [1.807, 2.05) is 0 Å². The van der Waals surface area contributed by atoms with Crippen LogP contribution in [0.1, 0.15) is 18.7 Å². The molecule has 1 aliphatic rings. The second-order valence-electron chi connectivity index (χ2n) is 4.96. The van der Waals surface area contributed by atoms with Gasteiger partial charge in [-0.15, -0.1) is 11.6 Å². The van der Waals surface area contributed by atoms with Gasteiger partial charge >= 0.3 is 6.18 Å². The number of halogens is 5. The fourth-order valence-corrected chi connectivity index (χ4v) is 2.92. The molecule has 1 aromatic carbocycles. The molecule has 1 saturated carbocycles. The standard InChI is InChI=1S/C13H11Cl2F3N2/c14-6-3-11-19-9-2-1-8(15)7-10(9)20(11)12(4-5-12)13(16,17)18/h1-2,7H,3-6H2. The second-order valence-corrected chi connectivity index (χ2v) is 5.78. The van der Waals surface area contributed by atoms with Crippen LogP contribution in [0.3, 0.4) is 0 Å². The molecule has 0 bridgehead atoms. The van der Waals surface area contributed by atoms with Crippen molar-refractivity contribution < 1.29 is 13.2 Å². The topological polar surface area (TPSA) is 17.8 Å². The predicted molar refractivity (Wildman–Crippen MR) is 72.4 cm³/mol. The van der Waals surface area contributed by atoms with Gasteiger partial charge in [-0.1, -0.05) is 11.6 Å². The highest BCUT2D eigenvalue weighted by molar-refractivity contribution is 6.31. The number of benzene rings is 1. The first kappa shape index (κ1) is 14.0. The molecule has 1 aliphatic carbocycles. The molecule has 0 radical (unpaired) electrons. The number of aromatic nitrogens is 2. The highest BCUT2D eigenvalue weighted by atomic mass is 35.5. The van der Waals surface area contributed by atoms with Crippen LogP contribution in [0.15, 0.2) is 18.2 Å². The van der Waals surface area contributed by atoms with Crippen LogP contribution in [0, 0.1) is 0 Å². The molecule has 1 aromatic heterocycles. The Morgan fingerprint density at radius 1 is 1.30 bits per heavy atom. The minimum atomic E-state index is -4.30.